The van der Waals surface area contributed by atoms with Crippen molar-refractivity contribution in [3.05, 3.63) is 65.0 Å². The number of nitrogens with zero attached hydrogens (tertiary/aromatic N) is 1. The SMILES string of the molecule is COC(=O)c1ccc(C(=O)NCc2ccc(C)cc2)nc1. The lowest BCUT2D eigenvalue weighted by Gasteiger charge is -2.06. The fourth-order valence-electron chi connectivity index (χ4n) is 1.75. The number of carbonyl (C=O) groups excluding carboxylic acids is 2. The van der Waals surface area contributed by atoms with Crippen molar-refractivity contribution in [1.82, 2.24) is 10.3 Å². The summed E-state index contributed by atoms with van der Waals surface area (Å²) in [6, 6.07) is 10.9. The van der Waals surface area contributed by atoms with E-state index in [1.54, 1.807) is 0 Å². The fourth-order valence-corrected chi connectivity index (χ4v) is 1.75. The number of pyridine rings is 1. The molecule has 0 unspecified atom stereocenters. The molecule has 1 N–H and O–H groups in total. The first-order valence-corrected chi connectivity index (χ1v) is 6.48. The number of hydrogen-bond acceptors (Lipinski definition) is 4. The molecule has 1 heterocycles. The molecular weight excluding hydrogens is 268 g/mol. The number of methoxy groups -OCH3 is 1. The van der Waals surface area contributed by atoms with E-state index in [1.165, 1.54) is 31.0 Å². The minimum absolute atomic E-state index is 0.259. The van der Waals surface area contributed by atoms with Crippen molar-refractivity contribution in [2.24, 2.45) is 0 Å². The first-order chi connectivity index (χ1) is 10.1. The van der Waals surface area contributed by atoms with Crippen molar-refractivity contribution >= 4 is 11.9 Å². The van der Waals surface area contributed by atoms with Gasteiger partial charge in [0, 0.05) is 12.7 Å². The molecule has 0 spiro atoms. The Labute approximate surface area is 123 Å². The molecular formula is C16H16N2O3. The molecule has 0 aliphatic rings. The predicted molar refractivity (Wildman–Crippen MR) is 77.9 cm³/mol. The van der Waals surface area contributed by atoms with Gasteiger partial charge >= 0.3 is 5.97 Å². The summed E-state index contributed by atoms with van der Waals surface area (Å²) >= 11 is 0. The number of amides is 1. The third-order valence-electron chi connectivity index (χ3n) is 2.99. The maximum absolute atomic E-state index is 11.9. The number of esters is 1. The number of aromatic nitrogens is 1. The third-order valence-corrected chi connectivity index (χ3v) is 2.99. The molecule has 1 aromatic carbocycles. The molecule has 21 heavy (non-hydrogen) atoms. The molecule has 0 bridgehead atoms. The molecule has 0 aliphatic heterocycles. The van der Waals surface area contributed by atoms with E-state index in [1.807, 2.05) is 31.2 Å². The van der Waals surface area contributed by atoms with Crippen LogP contribution in [0.1, 0.15) is 32.0 Å². The molecule has 108 valence electrons. The average Bonchev–Trinajstić information content (AvgIpc) is 2.53. The highest BCUT2D eigenvalue weighted by Crippen LogP contribution is 2.05. The van der Waals surface area contributed by atoms with E-state index in [0.29, 0.717) is 12.1 Å². The zero-order valence-electron chi connectivity index (χ0n) is 11.9. The third kappa shape index (κ3) is 3.89. The van der Waals surface area contributed by atoms with Gasteiger partial charge in [-0.15, -0.1) is 0 Å². The number of nitrogens with one attached hydrogen (secondary N) is 1. The second-order valence-electron chi connectivity index (χ2n) is 4.59. The van der Waals surface area contributed by atoms with E-state index in [4.69, 9.17) is 0 Å². The molecule has 2 rings (SSSR count). The van der Waals surface area contributed by atoms with Gasteiger partial charge in [0.15, 0.2) is 0 Å². The lowest BCUT2D eigenvalue weighted by molar-refractivity contribution is 0.0599. The molecule has 0 aliphatic carbocycles. The van der Waals surface area contributed by atoms with E-state index in [-0.39, 0.29) is 11.6 Å². The van der Waals surface area contributed by atoms with E-state index in [0.717, 1.165) is 5.56 Å². The van der Waals surface area contributed by atoms with Crippen molar-refractivity contribution in [3.63, 3.8) is 0 Å². The largest absolute Gasteiger partial charge is 0.465 e. The minimum Gasteiger partial charge on any atom is -0.465 e. The van der Waals surface area contributed by atoms with Crippen LogP contribution in [0.5, 0.6) is 0 Å². The van der Waals surface area contributed by atoms with Gasteiger partial charge in [0.25, 0.3) is 5.91 Å². The Morgan fingerprint density at radius 1 is 1.14 bits per heavy atom. The second-order valence-corrected chi connectivity index (χ2v) is 4.59. The highest BCUT2D eigenvalue weighted by molar-refractivity contribution is 5.94. The van der Waals surface area contributed by atoms with Gasteiger partial charge < -0.3 is 10.1 Å². The maximum Gasteiger partial charge on any atom is 0.339 e. The van der Waals surface area contributed by atoms with Crippen molar-refractivity contribution in [2.45, 2.75) is 13.5 Å². The van der Waals surface area contributed by atoms with Crippen LogP contribution in [0.4, 0.5) is 0 Å². The molecule has 5 nitrogen and oxygen atoms in total. The van der Waals surface area contributed by atoms with Crippen molar-refractivity contribution in [1.29, 1.82) is 0 Å². The molecule has 0 saturated carbocycles. The molecule has 1 aromatic heterocycles. The Balaban J connectivity index is 1.97. The number of ether oxygens (including phenoxy) is 1. The quantitative estimate of drug-likeness (QED) is 0.873. The fraction of sp³-hybridized carbons (Fsp3) is 0.188. The second kappa shape index (κ2) is 6.65. The highest BCUT2D eigenvalue weighted by atomic mass is 16.5. The van der Waals surface area contributed by atoms with Crippen LogP contribution >= 0.6 is 0 Å². The van der Waals surface area contributed by atoms with Crippen LogP contribution in [0.2, 0.25) is 0 Å². The van der Waals surface area contributed by atoms with Crippen LogP contribution in [-0.4, -0.2) is 24.0 Å². The summed E-state index contributed by atoms with van der Waals surface area (Å²) in [5, 5.41) is 2.78. The minimum atomic E-state index is -0.478. The lowest BCUT2D eigenvalue weighted by atomic mass is 10.1. The molecule has 0 atom stereocenters. The first kappa shape index (κ1) is 14.7. The lowest BCUT2D eigenvalue weighted by Crippen LogP contribution is -2.23. The monoisotopic (exact) mass is 284 g/mol. The van der Waals surface area contributed by atoms with Gasteiger partial charge in [-0.05, 0) is 24.6 Å². The van der Waals surface area contributed by atoms with Gasteiger partial charge in [0.2, 0.25) is 0 Å². The van der Waals surface area contributed by atoms with Crippen LogP contribution < -0.4 is 5.32 Å². The molecule has 0 radical (unpaired) electrons. The normalized spacial score (nSPS) is 10.0. The number of rotatable bonds is 4. The van der Waals surface area contributed by atoms with Gasteiger partial charge in [-0.3, -0.25) is 9.78 Å². The summed E-state index contributed by atoms with van der Waals surface area (Å²) < 4.78 is 4.57. The number of aryl methyl sites for hydroxylation is 1. The molecule has 5 heteroatoms. The molecule has 1 amide bonds. The predicted octanol–water partition coefficient (Wildman–Crippen LogP) is 2.11. The van der Waals surface area contributed by atoms with Crippen LogP contribution in [-0.2, 0) is 11.3 Å². The summed E-state index contributed by atoms with van der Waals surface area (Å²) in [7, 11) is 1.30. The molecule has 0 fully saturated rings. The summed E-state index contributed by atoms with van der Waals surface area (Å²) in [6.45, 7) is 2.44. The van der Waals surface area contributed by atoms with Crippen molar-refractivity contribution in [3.8, 4) is 0 Å². The summed E-state index contributed by atoms with van der Waals surface area (Å²) in [6.07, 6.45) is 1.33. The van der Waals surface area contributed by atoms with Gasteiger partial charge in [-0.25, -0.2) is 4.79 Å². The van der Waals surface area contributed by atoms with Gasteiger partial charge in [-0.1, -0.05) is 29.8 Å². The van der Waals surface area contributed by atoms with Crippen LogP contribution in [0.3, 0.4) is 0 Å². The number of benzene rings is 1. The Hall–Kier alpha value is -2.69. The van der Waals surface area contributed by atoms with Gasteiger partial charge in [0.05, 0.1) is 12.7 Å². The van der Waals surface area contributed by atoms with Crippen LogP contribution in [0, 0.1) is 6.92 Å². The van der Waals surface area contributed by atoms with E-state index in [2.05, 4.69) is 15.0 Å². The zero-order valence-corrected chi connectivity index (χ0v) is 11.9. The van der Waals surface area contributed by atoms with Gasteiger partial charge in [0.1, 0.15) is 5.69 Å². The Morgan fingerprint density at radius 3 is 2.43 bits per heavy atom. The van der Waals surface area contributed by atoms with E-state index < -0.39 is 5.97 Å². The van der Waals surface area contributed by atoms with Crippen LogP contribution in [0.25, 0.3) is 0 Å². The average molecular weight is 284 g/mol. The zero-order chi connectivity index (χ0) is 15.2. The summed E-state index contributed by atoms with van der Waals surface area (Å²) in [5.74, 6) is -0.763. The maximum atomic E-state index is 11.9. The summed E-state index contributed by atoms with van der Waals surface area (Å²) in [5.41, 5.74) is 2.76. The topological polar surface area (TPSA) is 68.3 Å². The van der Waals surface area contributed by atoms with Crippen LogP contribution in [0.15, 0.2) is 42.6 Å². The van der Waals surface area contributed by atoms with Crippen molar-refractivity contribution in [2.75, 3.05) is 7.11 Å². The van der Waals surface area contributed by atoms with Crippen molar-refractivity contribution < 1.29 is 14.3 Å². The first-order valence-electron chi connectivity index (χ1n) is 6.48. The standard InChI is InChI=1S/C16H16N2O3/c1-11-3-5-12(6-4-11)9-18-15(19)14-8-7-13(10-17-14)16(20)21-2/h3-8,10H,9H2,1-2H3,(H,18,19). The Kier molecular flexibility index (Phi) is 4.66. The van der Waals surface area contributed by atoms with Gasteiger partial charge in [-0.2, -0.15) is 0 Å². The highest BCUT2D eigenvalue weighted by Gasteiger charge is 2.10. The molecule has 0 saturated heterocycles. The number of carbonyl (C=O) groups is 2. The van der Waals surface area contributed by atoms with E-state index >= 15 is 0 Å². The number of hydrogen-bond donors (Lipinski definition) is 1. The summed E-state index contributed by atoms with van der Waals surface area (Å²) in [4.78, 5) is 27.2. The molecule has 2 aromatic rings. The Bertz CT molecular complexity index is 634. The smallest absolute Gasteiger partial charge is 0.339 e. The van der Waals surface area contributed by atoms with E-state index in [9.17, 15) is 9.59 Å². The Morgan fingerprint density at radius 2 is 1.86 bits per heavy atom.